The normalized spacial score (nSPS) is 20.6. The second-order valence-corrected chi connectivity index (χ2v) is 4.39. The van der Waals surface area contributed by atoms with Crippen LogP contribution in [0.4, 0.5) is 0 Å². The minimum atomic E-state index is -0.170. The van der Waals surface area contributed by atoms with E-state index in [1.165, 1.54) is 12.8 Å². The lowest BCUT2D eigenvalue weighted by Crippen LogP contribution is -2.22. The lowest BCUT2D eigenvalue weighted by atomic mass is 9.90. The van der Waals surface area contributed by atoms with E-state index in [1.54, 1.807) is 18.3 Å². The molecule has 0 unspecified atom stereocenters. The Morgan fingerprint density at radius 2 is 2.25 bits per heavy atom. The lowest BCUT2D eigenvalue weighted by molar-refractivity contribution is 0.0950. The Balaban J connectivity index is 1.87. The zero-order valence-electron chi connectivity index (χ0n) is 9.49. The van der Waals surface area contributed by atoms with Crippen molar-refractivity contribution in [3.8, 4) is 0 Å². The highest BCUT2D eigenvalue weighted by molar-refractivity contribution is 5.94. The predicted octanol–water partition coefficient (Wildman–Crippen LogP) is 2.31. The second kappa shape index (κ2) is 4.96. The Bertz CT molecular complexity index is 371. The molecule has 2 rings (SSSR count). The van der Waals surface area contributed by atoms with E-state index in [2.05, 4.69) is 22.4 Å². The van der Waals surface area contributed by atoms with E-state index in [1.807, 2.05) is 0 Å². The fourth-order valence-corrected chi connectivity index (χ4v) is 1.87. The van der Waals surface area contributed by atoms with Crippen LogP contribution in [-0.4, -0.2) is 16.6 Å². The lowest BCUT2D eigenvalue weighted by Gasteiger charge is -2.18. The van der Waals surface area contributed by atoms with Gasteiger partial charge in [0.15, 0.2) is 0 Å². The molecule has 1 heterocycles. The summed E-state index contributed by atoms with van der Waals surface area (Å²) >= 11 is 0. The molecule has 1 fully saturated rings. The number of aromatic nitrogens is 1. The fraction of sp³-hybridized carbons (Fsp3) is 0.500. The largest absolute Gasteiger partial charge is 0.357 e. The van der Waals surface area contributed by atoms with Crippen LogP contribution in [0.25, 0.3) is 0 Å². The molecule has 0 radical (unpaired) electrons. The van der Waals surface area contributed by atoms with Crippen molar-refractivity contribution in [1.29, 1.82) is 0 Å². The molecule has 0 aliphatic heterocycles. The van der Waals surface area contributed by atoms with Crippen LogP contribution in [0.5, 0.6) is 0 Å². The molecule has 4 nitrogen and oxygen atoms in total. The van der Waals surface area contributed by atoms with Gasteiger partial charge in [-0.05, 0) is 43.7 Å². The van der Waals surface area contributed by atoms with Gasteiger partial charge < -0.3 is 4.98 Å². The third kappa shape index (κ3) is 2.72. The standard InChI is InChI=1S/C12H17N3O/c1-9-4-6-10(7-5-9)14-15-12(16)11-3-2-8-13-11/h2-3,8-9,13H,4-7H2,1H3,(H,15,16). The molecule has 1 aliphatic carbocycles. The van der Waals surface area contributed by atoms with Crippen LogP contribution in [0.2, 0.25) is 0 Å². The van der Waals surface area contributed by atoms with Crippen molar-refractivity contribution in [2.45, 2.75) is 32.6 Å². The number of rotatable bonds is 2. The molecule has 86 valence electrons. The number of nitrogens with zero attached hydrogens (tertiary/aromatic N) is 1. The van der Waals surface area contributed by atoms with Crippen molar-refractivity contribution in [2.75, 3.05) is 0 Å². The Kier molecular flexibility index (Phi) is 3.39. The first-order valence-electron chi connectivity index (χ1n) is 5.75. The summed E-state index contributed by atoms with van der Waals surface area (Å²) in [4.78, 5) is 14.4. The van der Waals surface area contributed by atoms with Gasteiger partial charge in [-0.2, -0.15) is 5.10 Å². The molecule has 4 heteroatoms. The van der Waals surface area contributed by atoms with Gasteiger partial charge in [0.25, 0.3) is 5.91 Å². The highest BCUT2D eigenvalue weighted by atomic mass is 16.2. The van der Waals surface area contributed by atoms with Crippen LogP contribution in [0.1, 0.15) is 43.1 Å². The van der Waals surface area contributed by atoms with Crippen molar-refractivity contribution in [2.24, 2.45) is 11.0 Å². The number of carbonyl (C=O) groups is 1. The SMILES string of the molecule is CC1CCC(=NNC(=O)c2ccc[nH]2)CC1. The highest BCUT2D eigenvalue weighted by Crippen LogP contribution is 2.20. The molecule has 0 saturated heterocycles. The van der Waals surface area contributed by atoms with Gasteiger partial charge in [0.05, 0.1) is 0 Å². The van der Waals surface area contributed by atoms with Crippen LogP contribution >= 0.6 is 0 Å². The van der Waals surface area contributed by atoms with Gasteiger partial charge >= 0.3 is 0 Å². The van der Waals surface area contributed by atoms with Crippen molar-refractivity contribution in [1.82, 2.24) is 10.4 Å². The second-order valence-electron chi connectivity index (χ2n) is 4.39. The van der Waals surface area contributed by atoms with E-state index in [0.717, 1.165) is 24.5 Å². The summed E-state index contributed by atoms with van der Waals surface area (Å²) in [5, 5.41) is 4.17. The summed E-state index contributed by atoms with van der Waals surface area (Å²) in [6.45, 7) is 2.26. The first-order valence-corrected chi connectivity index (χ1v) is 5.75. The van der Waals surface area contributed by atoms with E-state index in [0.29, 0.717) is 5.69 Å². The number of H-pyrrole nitrogens is 1. The molecule has 1 amide bonds. The topological polar surface area (TPSA) is 57.2 Å². The average Bonchev–Trinajstić information content (AvgIpc) is 2.81. The summed E-state index contributed by atoms with van der Waals surface area (Å²) in [5.41, 5.74) is 4.25. The monoisotopic (exact) mass is 219 g/mol. The van der Waals surface area contributed by atoms with Crippen molar-refractivity contribution >= 4 is 11.6 Å². The molecule has 0 spiro atoms. The maximum Gasteiger partial charge on any atom is 0.287 e. The predicted molar refractivity (Wildman–Crippen MR) is 63.3 cm³/mol. The smallest absolute Gasteiger partial charge is 0.287 e. The average molecular weight is 219 g/mol. The van der Waals surface area contributed by atoms with Gasteiger partial charge in [0.1, 0.15) is 5.69 Å². The van der Waals surface area contributed by atoms with Crippen LogP contribution < -0.4 is 5.43 Å². The Morgan fingerprint density at radius 3 is 2.88 bits per heavy atom. The molecule has 16 heavy (non-hydrogen) atoms. The van der Waals surface area contributed by atoms with Crippen LogP contribution in [0.15, 0.2) is 23.4 Å². The van der Waals surface area contributed by atoms with Gasteiger partial charge in [-0.15, -0.1) is 0 Å². The third-order valence-corrected chi connectivity index (χ3v) is 3.01. The summed E-state index contributed by atoms with van der Waals surface area (Å²) in [5.74, 6) is 0.620. The molecular formula is C12H17N3O. The summed E-state index contributed by atoms with van der Waals surface area (Å²) < 4.78 is 0. The van der Waals surface area contributed by atoms with E-state index < -0.39 is 0 Å². The molecule has 0 bridgehead atoms. The molecule has 0 aromatic carbocycles. The van der Waals surface area contributed by atoms with Crippen LogP contribution in [0.3, 0.4) is 0 Å². The molecule has 1 aromatic rings. The Hall–Kier alpha value is -1.58. The molecular weight excluding hydrogens is 202 g/mol. The van der Waals surface area contributed by atoms with Gasteiger partial charge in [-0.25, -0.2) is 5.43 Å². The van der Waals surface area contributed by atoms with Crippen LogP contribution in [-0.2, 0) is 0 Å². The minimum absolute atomic E-state index is 0.170. The highest BCUT2D eigenvalue weighted by Gasteiger charge is 2.14. The van der Waals surface area contributed by atoms with Crippen LogP contribution in [0, 0.1) is 5.92 Å². The quantitative estimate of drug-likeness (QED) is 0.737. The maximum atomic E-state index is 11.6. The van der Waals surface area contributed by atoms with Gasteiger partial charge in [0, 0.05) is 11.9 Å². The number of carbonyl (C=O) groups excluding carboxylic acids is 1. The molecule has 2 N–H and O–H groups in total. The van der Waals surface area contributed by atoms with Gasteiger partial charge in [-0.1, -0.05) is 6.92 Å². The zero-order valence-corrected chi connectivity index (χ0v) is 9.49. The first kappa shape index (κ1) is 10.9. The number of hydrazone groups is 1. The van der Waals surface area contributed by atoms with Crippen molar-refractivity contribution in [3.63, 3.8) is 0 Å². The molecule has 1 aromatic heterocycles. The molecule has 0 atom stereocenters. The molecule has 1 saturated carbocycles. The van der Waals surface area contributed by atoms with E-state index >= 15 is 0 Å². The third-order valence-electron chi connectivity index (χ3n) is 3.01. The summed E-state index contributed by atoms with van der Waals surface area (Å²) in [6, 6.07) is 3.53. The zero-order chi connectivity index (χ0) is 11.4. The van der Waals surface area contributed by atoms with Gasteiger partial charge in [0.2, 0.25) is 0 Å². The summed E-state index contributed by atoms with van der Waals surface area (Å²) in [7, 11) is 0. The van der Waals surface area contributed by atoms with E-state index in [4.69, 9.17) is 0 Å². The Morgan fingerprint density at radius 1 is 1.50 bits per heavy atom. The first-order chi connectivity index (χ1) is 7.75. The van der Waals surface area contributed by atoms with E-state index in [-0.39, 0.29) is 5.91 Å². The number of hydrogen-bond acceptors (Lipinski definition) is 2. The number of nitrogens with one attached hydrogen (secondary N) is 2. The number of hydrogen-bond donors (Lipinski definition) is 2. The Labute approximate surface area is 95.1 Å². The fourth-order valence-electron chi connectivity index (χ4n) is 1.87. The number of aromatic amines is 1. The summed E-state index contributed by atoms with van der Waals surface area (Å²) in [6.07, 6.45) is 6.09. The molecule has 1 aliphatic rings. The van der Waals surface area contributed by atoms with Gasteiger partial charge in [-0.3, -0.25) is 4.79 Å². The van der Waals surface area contributed by atoms with Crippen molar-refractivity contribution < 1.29 is 4.79 Å². The maximum absolute atomic E-state index is 11.6. The minimum Gasteiger partial charge on any atom is -0.357 e. The van der Waals surface area contributed by atoms with E-state index in [9.17, 15) is 4.79 Å². The van der Waals surface area contributed by atoms with Crippen molar-refractivity contribution in [3.05, 3.63) is 24.0 Å². The number of amides is 1.